The Kier molecular flexibility index (Phi) is 2.24. The third kappa shape index (κ3) is 1.43. The number of rotatable bonds is 0. The summed E-state index contributed by atoms with van der Waals surface area (Å²) in [5, 5.41) is 4.71. The number of nitrogens with zero attached hydrogens (tertiary/aromatic N) is 3. The van der Waals surface area contributed by atoms with Crippen molar-refractivity contribution in [3.8, 4) is 0 Å². The van der Waals surface area contributed by atoms with Gasteiger partial charge in [-0.05, 0) is 23.4 Å². The Morgan fingerprint density at radius 3 is 2.50 bits per heavy atom. The van der Waals surface area contributed by atoms with Gasteiger partial charge in [0.25, 0.3) is 6.33 Å². The van der Waals surface area contributed by atoms with Gasteiger partial charge in [0.2, 0.25) is 5.52 Å². The molecule has 3 nitrogen and oxygen atoms in total. The number of aryl methyl sites for hydroxylation is 2. The maximum absolute atomic E-state index is 4.64. The first-order chi connectivity index (χ1) is 9.75. The Labute approximate surface area is 116 Å². The lowest BCUT2D eigenvalue weighted by molar-refractivity contribution is -0.679. The molecular weight excluding hydrogens is 246 g/mol. The molecule has 0 saturated carbocycles. The molecule has 0 spiro atoms. The second-order valence-corrected chi connectivity index (χ2v) is 5.14. The van der Waals surface area contributed by atoms with E-state index in [1.54, 1.807) is 0 Å². The zero-order chi connectivity index (χ0) is 13.7. The number of aromatic nitrogens is 3. The van der Waals surface area contributed by atoms with Gasteiger partial charge in [0.15, 0.2) is 0 Å². The third-order valence-corrected chi connectivity index (χ3v) is 4.01. The average Bonchev–Trinajstić information content (AvgIpc) is 2.50. The highest BCUT2D eigenvalue weighted by Crippen LogP contribution is 2.28. The molecule has 0 atom stereocenters. The molecule has 2 aromatic heterocycles. The minimum atomic E-state index is 0.976. The van der Waals surface area contributed by atoms with Crippen LogP contribution in [-0.4, -0.2) is 9.97 Å². The summed E-state index contributed by atoms with van der Waals surface area (Å²) in [5.41, 5.74) is 3.15. The molecule has 4 aromatic rings. The molecule has 3 heteroatoms. The van der Waals surface area contributed by atoms with Gasteiger partial charge >= 0.3 is 0 Å². The van der Waals surface area contributed by atoms with Crippen molar-refractivity contribution in [3.05, 3.63) is 54.6 Å². The summed E-state index contributed by atoms with van der Waals surface area (Å²) in [4.78, 5) is 9.21. The fourth-order valence-corrected chi connectivity index (χ4v) is 2.76. The number of hydrogen-bond donors (Lipinski definition) is 0. The number of fused-ring (bicyclic) bond motifs is 5. The van der Waals surface area contributed by atoms with Crippen LogP contribution in [0, 0.1) is 6.92 Å². The average molecular weight is 260 g/mol. The number of hydrogen-bond acceptors (Lipinski definition) is 2. The first-order valence-electron chi connectivity index (χ1n) is 6.67. The first-order valence-corrected chi connectivity index (χ1v) is 6.67. The summed E-state index contributed by atoms with van der Waals surface area (Å²) in [6, 6.07) is 12.6. The van der Waals surface area contributed by atoms with Gasteiger partial charge in [-0.2, -0.15) is 0 Å². The van der Waals surface area contributed by atoms with E-state index in [0.29, 0.717) is 0 Å². The topological polar surface area (TPSA) is 29.7 Å². The Hall–Kier alpha value is -2.55. The SMILES string of the molecule is Cc1c2ccc3c4ccccc4cnc3c2nc[n+]1C. The summed E-state index contributed by atoms with van der Waals surface area (Å²) in [5.74, 6) is 0. The minimum absolute atomic E-state index is 0.976. The molecule has 0 saturated heterocycles. The second-order valence-electron chi connectivity index (χ2n) is 5.14. The molecule has 4 rings (SSSR count). The van der Waals surface area contributed by atoms with Crippen LogP contribution in [0.5, 0.6) is 0 Å². The van der Waals surface area contributed by atoms with Crippen molar-refractivity contribution in [2.75, 3.05) is 0 Å². The van der Waals surface area contributed by atoms with E-state index in [1.807, 2.05) is 30.2 Å². The van der Waals surface area contributed by atoms with E-state index in [4.69, 9.17) is 0 Å². The second kappa shape index (κ2) is 3.97. The quantitative estimate of drug-likeness (QED) is 0.359. The van der Waals surface area contributed by atoms with Gasteiger partial charge in [0, 0.05) is 17.0 Å². The van der Waals surface area contributed by atoms with Crippen LogP contribution in [0.1, 0.15) is 5.69 Å². The Balaban J connectivity index is 2.26. The van der Waals surface area contributed by atoms with Crippen molar-refractivity contribution < 1.29 is 4.57 Å². The molecular formula is C17H14N3+. The van der Waals surface area contributed by atoms with Crippen molar-refractivity contribution in [3.63, 3.8) is 0 Å². The summed E-state index contributed by atoms with van der Waals surface area (Å²) in [6.45, 7) is 2.11. The molecule has 0 aliphatic heterocycles. The molecule has 2 aromatic carbocycles. The summed E-state index contributed by atoms with van der Waals surface area (Å²) in [6.07, 6.45) is 3.79. The molecule has 0 bridgehead atoms. The molecule has 0 aliphatic carbocycles. The summed E-state index contributed by atoms with van der Waals surface area (Å²) in [7, 11) is 2.01. The number of pyridine rings is 1. The van der Waals surface area contributed by atoms with E-state index < -0.39 is 0 Å². The fraction of sp³-hybridized carbons (Fsp3) is 0.118. The van der Waals surface area contributed by atoms with Gasteiger partial charge in [-0.15, -0.1) is 0 Å². The van der Waals surface area contributed by atoms with Gasteiger partial charge in [-0.1, -0.05) is 30.3 Å². The van der Waals surface area contributed by atoms with E-state index in [-0.39, 0.29) is 0 Å². The Bertz CT molecular complexity index is 974. The van der Waals surface area contributed by atoms with Crippen molar-refractivity contribution in [1.82, 2.24) is 9.97 Å². The number of benzene rings is 2. The molecule has 0 amide bonds. The van der Waals surface area contributed by atoms with Gasteiger partial charge in [0.05, 0.1) is 12.4 Å². The van der Waals surface area contributed by atoms with E-state index >= 15 is 0 Å². The van der Waals surface area contributed by atoms with E-state index in [0.717, 1.165) is 27.2 Å². The smallest absolute Gasteiger partial charge is 0.251 e. The molecule has 20 heavy (non-hydrogen) atoms. The predicted octanol–water partition coefficient (Wildman–Crippen LogP) is 3.07. The predicted molar refractivity (Wildman–Crippen MR) is 80.5 cm³/mol. The molecule has 0 aliphatic rings. The van der Waals surface area contributed by atoms with Gasteiger partial charge in [-0.25, -0.2) is 4.57 Å². The third-order valence-electron chi connectivity index (χ3n) is 4.01. The van der Waals surface area contributed by atoms with Crippen molar-refractivity contribution >= 4 is 32.6 Å². The maximum atomic E-state index is 4.64. The molecule has 0 radical (unpaired) electrons. The standard InChI is InChI=1S/C17H14N3/c1-11-13-7-8-15-14-6-4-3-5-12(14)9-18-17(15)16(13)19-10-20(11)2/h3-10H,1-2H3/q+1. The zero-order valence-corrected chi connectivity index (χ0v) is 11.5. The lowest BCUT2D eigenvalue weighted by Crippen LogP contribution is -2.32. The van der Waals surface area contributed by atoms with Gasteiger partial charge in [0.1, 0.15) is 11.2 Å². The van der Waals surface area contributed by atoms with Crippen LogP contribution in [-0.2, 0) is 7.05 Å². The zero-order valence-electron chi connectivity index (χ0n) is 11.5. The van der Waals surface area contributed by atoms with E-state index in [2.05, 4.69) is 47.2 Å². The highest BCUT2D eigenvalue weighted by atomic mass is 15.0. The molecule has 0 fully saturated rings. The lowest BCUT2D eigenvalue weighted by atomic mass is 10.0. The van der Waals surface area contributed by atoms with Crippen LogP contribution < -0.4 is 4.57 Å². The Morgan fingerprint density at radius 2 is 1.60 bits per heavy atom. The largest absolute Gasteiger partial charge is 0.286 e. The van der Waals surface area contributed by atoms with E-state index in [1.165, 1.54) is 11.1 Å². The Morgan fingerprint density at radius 1 is 0.850 bits per heavy atom. The van der Waals surface area contributed by atoms with Gasteiger partial charge in [-0.3, -0.25) is 4.98 Å². The molecule has 2 heterocycles. The van der Waals surface area contributed by atoms with E-state index in [9.17, 15) is 0 Å². The summed E-state index contributed by atoms with van der Waals surface area (Å²) >= 11 is 0. The van der Waals surface area contributed by atoms with Crippen LogP contribution in [0.4, 0.5) is 0 Å². The monoisotopic (exact) mass is 260 g/mol. The maximum Gasteiger partial charge on any atom is 0.286 e. The molecule has 96 valence electrons. The highest BCUT2D eigenvalue weighted by molar-refractivity contribution is 6.13. The summed E-state index contributed by atoms with van der Waals surface area (Å²) < 4.78 is 2.04. The molecule has 0 unspecified atom stereocenters. The van der Waals surface area contributed by atoms with Crippen LogP contribution >= 0.6 is 0 Å². The first kappa shape index (κ1) is 11.3. The van der Waals surface area contributed by atoms with Crippen molar-refractivity contribution in [2.45, 2.75) is 6.92 Å². The van der Waals surface area contributed by atoms with Gasteiger partial charge < -0.3 is 0 Å². The van der Waals surface area contributed by atoms with Crippen LogP contribution in [0.25, 0.3) is 32.6 Å². The molecule has 0 N–H and O–H groups in total. The van der Waals surface area contributed by atoms with Crippen molar-refractivity contribution in [1.29, 1.82) is 0 Å². The van der Waals surface area contributed by atoms with Crippen LogP contribution in [0.2, 0.25) is 0 Å². The highest BCUT2D eigenvalue weighted by Gasteiger charge is 2.14. The van der Waals surface area contributed by atoms with Crippen LogP contribution in [0.15, 0.2) is 48.9 Å². The fourth-order valence-electron chi connectivity index (χ4n) is 2.76. The lowest BCUT2D eigenvalue weighted by Gasteiger charge is -2.05. The van der Waals surface area contributed by atoms with Crippen LogP contribution in [0.3, 0.4) is 0 Å². The normalized spacial score (nSPS) is 11.5. The van der Waals surface area contributed by atoms with Crippen molar-refractivity contribution in [2.24, 2.45) is 7.05 Å². The minimum Gasteiger partial charge on any atom is -0.251 e.